The number of hydrogen-bond acceptors (Lipinski definition) is 13. The normalized spacial score (nSPS) is 24.7. The van der Waals surface area contributed by atoms with E-state index in [1.54, 1.807) is 69.3 Å². The van der Waals surface area contributed by atoms with Gasteiger partial charge in [-0.2, -0.15) is 18.2 Å². The van der Waals surface area contributed by atoms with Crippen molar-refractivity contribution in [2.45, 2.75) is 172 Å². The van der Waals surface area contributed by atoms with Crippen LogP contribution in [0.2, 0.25) is 0 Å². The molecule has 368 valence electrons. The van der Waals surface area contributed by atoms with E-state index in [1.807, 2.05) is 0 Å². The van der Waals surface area contributed by atoms with Crippen molar-refractivity contribution in [2.24, 2.45) is 5.41 Å². The fourth-order valence-electron chi connectivity index (χ4n) is 9.37. The van der Waals surface area contributed by atoms with Gasteiger partial charge in [-0.15, -0.1) is 0 Å². The molecule has 2 amide bonds. The van der Waals surface area contributed by atoms with E-state index in [2.05, 4.69) is 29.2 Å². The number of amides is 2. The SMILES string of the molecule is CCCCCC1(CCCCC)O[C@@H]2[C@H](O1)[C@H]1ON(Cc3cccc(C=CC(=O)OCC(F)(F)F)c3)[C@@H]3C(=O)O[C@@H]2C[C@]13C(=O)NCc1cccc(C(=O)N[C@H](CO)CCC(=O)OC(C)(C)C)c1. The van der Waals surface area contributed by atoms with Crippen LogP contribution in [-0.2, 0) is 60.8 Å². The summed E-state index contributed by atoms with van der Waals surface area (Å²) in [5.41, 5.74) is -0.328. The molecule has 4 aliphatic rings. The molecule has 2 aromatic rings. The number of aliphatic hydroxyl groups is 1. The molecule has 0 unspecified atom stereocenters. The summed E-state index contributed by atoms with van der Waals surface area (Å²) >= 11 is 0. The minimum absolute atomic E-state index is 0.00961. The van der Waals surface area contributed by atoms with E-state index >= 15 is 4.79 Å². The molecule has 3 aliphatic heterocycles. The lowest BCUT2D eigenvalue weighted by molar-refractivity contribution is -0.224. The number of halogens is 3. The Labute approximate surface area is 389 Å². The van der Waals surface area contributed by atoms with Crippen molar-refractivity contribution in [2.75, 3.05) is 13.2 Å². The van der Waals surface area contributed by atoms with Gasteiger partial charge in [0.25, 0.3) is 5.91 Å². The molecule has 3 saturated heterocycles. The first-order valence-corrected chi connectivity index (χ1v) is 23.3. The Morgan fingerprint density at radius 3 is 2.31 bits per heavy atom. The van der Waals surface area contributed by atoms with Crippen molar-refractivity contribution in [3.05, 3.63) is 76.9 Å². The van der Waals surface area contributed by atoms with Crippen LogP contribution in [0.5, 0.6) is 0 Å². The summed E-state index contributed by atoms with van der Waals surface area (Å²) < 4.78 is 67.4. The van der Waals surface area contributed by atoms with Gasteiger partial charge in [-0.25, -0.2) is 4.79 Å². The van der Waals surface area contributed by atoms with E-state index in [1.165, 1.54) is 11.1 Å². The molecule has 1 aliphatic carbocycles. The molecule has 67 heavy (non-hydrogen) atoms. The number of alkyl halides is 3. The number of esters is 3. The zero-order valence-electron chi connectivity index (χ0n) is 38.9. The van der Waals surface area contributed by atoms with Gasteiger partial charge in [-0.05, 0) is 74.9 Å². The highest BCUT2D eigenvalue weighted by Crippen LogP contribution is 2.58. The number of benzene rings is 2. The zero-order valence-corrected chi connectivity index (χ0v) is 38.9. The largest absolute Gasteiger partial charge is 0.460 e. The summed E-state index contributed by atoms with van der Waals surface area (Å²) in [5, 5.41) is 17.2. The zero-order chi connectivity index (χ0) is 48.6. The fourth-order valence-corrected chi connectivity index (χ4v) is 9.37. The van der Waals surface area contributed by atoms with Crippen LogP contribution in [0.25, 0.3) is 6.08 Å². The highest BCUT2D eigenvalue weighted by Gasteiger charge is 2.76. The van der Waals surface area contributed by atoms with E-state index in [9.17, 15) is 37.5 Å². The molecule has 2 aromatic carbocycles. The Bertz CT molecular complexity index is 2100. The number of unbranched alkanes of at least 4 members (excludes halogenated alkanes) is 4. The number of hydrogen-bond donors (Lipinski definition) is 3. The first kappa shape index (κ1) is 51.5. The summed E-state index contributed by atoms with van der Waals surface area (Å²) in [6.07, 6.45) is 1.17. The molecule has 6 rings (SSSR count). The topological polar surface area (TPSA) is 188 Å². The second-order valence-corrected chi connectivity index (χ2v) is 18.9. The number of fused-ring (bicyclic) bond motifs is 4. The van der Waals surface area contributed by atoms with Gasteiger partial charge in [0.05, 0.1) is 19.2 Å². The van der Waals surface area contributed by atoms with E-state index in [0.29, 0.717) is 29.5 Å². The van der Waals surface area contributed by atoms with Crippen LogP contribution in [0.15, 0.2) is 54.6 Å². The minimum atomic E-state index is -4.67. The van der Waals surface area contributed by atoms with Gasteiger partial charge in [-0.1, -0.05) is 75.9 Å². The Balaban J connectivity index is 1.24. The highest BCUT2D eigenvalue weighted by molar-refractivity contribution is 5.95. The maximum Gasteiger partial charge on any atom is 0.422 e. The molecular formula is C49H64F3N3O12. The van der Waals surface area contributed by atoms with E-state index in [4.69, 9.17) is 23.8 Å². The minimum Gasteiger partial charge on any atom is -0.460 e. The molecular weight excluding hydrogens is 880 g/mol. The highest BCUT2D eigenvalue weighted by atomic mass is 19.4. The second-order valence-electron chi connectivity index (χ2n) is 18.9. The van der Waals surface area contributed by atoms with Crippen LogP contribution in [0.3, 0.4) is 0 Å². The van der Waals surface area contributed by atoms with Crippen molar-refractivity contribution in [3.63, 3.8) is 0 Å². The molecule has 2 bridgehead atoms. The standard InChI is InChI=1S/C49H64F3N3O12/c1-6-8-10-22-47(23-11-9-7-2)65-39-36-26-48(45(61)53-27-32-15-13-17-34(25-32)43(59)54-35(29-56)19-21-38(58)64-46(3,4)5)41(44(60)63-36)55(67-42(48)40(39)66-47)28-33-16-12-14-31(24-33)18-20-37(57)62-30-49(50,51)52/h12-18,20,24-25,35-36,39-42,56H,6-11,19,21-23,26-30H2,1-5H3,(H,53,61)(H,54,59)/t35-,36+,39-,40-,41+,42+,48+/m0/s1. The van der Waals surface area contributed by atoms with Crippen LogP contribution in [0.1, 0.15) is 132 Å². The molecule has 3 N–H and O–H groups in total. The predicted octanol–water partition coefficient (Wildman–Crippen LogP) is 6.78. The van der Waals surface area contributed by atoms with Crippen LogP contribution >= 0.6 is 0 Å². The first-order chi connectivity index (χ1) is 31.8. The van der Waals surface area contributed by atoms with Gasteiger partial charge in [0.15, 0.2) is 18.4 Å². The molecule has 0 aromatic heterocycles. The Hall–Kier alpha value is -4.88. The number of nitrogens with zero attached hydrogens (tertiary/aromatic N) is 1. The predicted molar refractivity (Wildman–Crippen MR) is 236 cm³/mol. The average Bonchev–Trinajstić information content (AvgIpc) is 3.83. The molecule has 3 heterocycles. The molecule has 0 spiro atoms. The lowest BCUT2D eigenvalue weighted by Gasteiger charge is -2.48. The van der Waals surface area contributed by atoms with Gasteiger partial charge < -0.3 is 39.4 Å². The Morgan fingerprint density at radius 1 is 0.955 bits per heavy atom. The third-order valence-corrected chi connectivity index (χ3v) is 12.4. The lowest BCUT2D eigenvalue weighted by atomic mass is 9.62. The van der Waals surface area contributed by atoms with Gasteiger partial charge in [0.1, 0.15) is 35.4 Å². The maximum atomic E-state index is 15.0. The van der Waals surface area contributed by atoms with Crippen molar-refractivity contribution in [1.82, 2.24) is 15.7 Å². The van der Waals surface area contributed by atoms with E-state index in [0.717, 1.165) is 44.6 Å². The van der Waals surface area contributed by atoms with Gasteiger partial charge in [-0.3, -0.25) is 24.0 Å². The quantitative estimate of drug-likeness (QED) is 0.0486. The third-order valence-electron chi connectivity index (χ3n) is 12.4. The van der Waals surface area contributed by atoms with Gasteiger partial charge in [0, 0.05) is 43.9 Å². The molecule has 1 saturated carbocycles. The Kier molecular flexibility index (Phi) is 16.9. The summed E-state index contributed by atoms with van der Waals surface area (Å²) in [7, 11) is 0. The third kappa shape index (κ3) is 13.0. The number of carbonyl (C=O) groups excluding carboxylic acids is 5. The van der Waals surface area contributed by atoms with Crippen molar-refractivity contribution in [3.8, 4) is 0 Å². The van der Waals surface area contributed by atoms with E-state index < -0.39 is 102 Å². The molecule has 7 atom stereocenters. The number of hydroxylamine groups is 2. The summed E-state index contributed by atoms with van der Waals surface area (Å²) in [6.45, 7) is 7.28. The number of carbonyl (C=O) groups is 5. The summed E-state index contributed by atoms with van der Waals surface area (Å²) in [5.74, 6) is -4.28. The number of nitrogens with one attached hydrogen (secondary N) is 2. The maximum absolute atomic E-state index is 15.0. The first-order valence-electron chi connectivity index (χ1n) is 23.3. The van der Waals surface area contributed by atoms with Gasteiger partial charge >= 0.3 is 24.1 Å². The fraction of sp³-hybridized carbons (Fsp3) is 0.612. The van der Waals surface area contributed by atoms with Crippen molar-refractivity contribution < 1.29 is 70.8 Å². The molecule has 4 fully saturated rings. The van der Waals surface area contributed by atoms with Crippen LogP contribution in [-0.4, -0.2) is 107 Å². The molecule has 0 radical (unpaired) electrons. The van der Waals surface area contributed by atoms with Crippen molar-refractivity contribution in [1.29, 1.82) is 0 Å². The van der Waals surface area contributed by atoms with Crippen molar-refractivity contribution >= 4 is 35.8 Å². The van der Waals surface area contributed by atoms with Gasteiger partial charge in [0.2, 0.25) is 5.91 Å². The second kappa shape index (κ2) is 22.0. The number of ether oxygens (including phenoxy) is 5. The Morgan fingerprint density at radius 2 is 1.64 bits per heavy atom. The van der Waals surface area contributed by atoms with E-state index in [-0.39, 0.29) is 37.9 Å². The lowest BCUT2D eigenvalue weighted by Crippen LogP contribution is -2.69. The van der Waals surface area contributed by atoms with Crippen LogP contribution in [0, 0.1) is 5.41 Å². The van der Waals surface area contributed by atoms with Crippen LogP contribution < -0.4 is 10.6 Å². The average molecular weight is 944 g/mol. The monoisotopic (exact) mass is 943 g/mol. The summed E-state index contributed by atoms with van der Waals surface area (Å²) in [6, 6.07) is 11.3. The smallest absolute Gasteiger partial charge is 0.422 e. The molecule has 15 nitrogen and oxygen atoms in total. The number of aliphatic hydroxyl groups excluding tert-OH is 1. The molecule has 18 heteroatoms. The van der Waals surface area contributed by atoms with Crippen LogP contribution in [0.4, 0.5) is 13.2 Å². The number of rotatable bonds is 22. The summed E-state index contributed by atoms with van der Waals surface area (Å²) in [4.78, 5) is 73.7.